The number of halogens is 1. The zero-order chi connectivity index (χ0) is 13.2. The quantitative estimate of drug-likeness (QED) is 0.733. The van der Waals surface area contributed by atoms with E-state index in [0.29, 0.717) is 5.88 Å². The second kappa shape index (κ2) is 5.05. The maximum atomic E-state index is 5.35. The molecule has 2 aromatic carbocycles. The van der Waals surface area contributed by atoms with Crippen LogP contribution in [-0.4, -0.2) is 16.9 Å². The lowest BCUT2D eigenvalue weighted by molar-refractivity contribution is 0.394. The summed E-state index contributed by atoms with van der Waals surface area (Å²) in [6, 6.07) is 16.4. The Morgan fingerprint density at radius 2 is 1.95 bits per heavy atom. The van der Waals surface area contributed by atoms with Crippen LogP contribution in [0.15, 0.2) is 53.0 Å². The van der Waals surface area contributed by atoms with Crippen LogP contribution in [0.4, 0.5) is 0 Å². The van der Waals surface area contributed by atoms with Crippen LogP contribution >= 0.6 is 15.9 Å². The highest BCUT2D eigenvalue weighted by Gasteiger charge is 2.11. The molecule has 3 nitrogen and oxygen atoms in total. The molecule has 0 bridgehead atoms. The first kappa shape index (κ1) is 12.2. The van der Waals surface area contributed by atoms with E-state index < -0.39 is 0 Å². The van der Waals surface area contributed by atoms with Gasteiger partial charge >= 0.3 is 0 Å². The minimum atomic E-state index is 0.659. The lowest BCUT2D eigenvalue weighted by Gasteiger charge is -2.03. The van der Waals surface area contributed by atoms with E-state index >= 15 is 0 Å². The fourth-order valence-corrected chi connectivity index (χ4v) is 2.51. The number of fused-ring (bicyclic) bond motifs is 1. The van der Waals surface area contributed by atoms with Crippen LogP contribution < -0.4 is 4.74 Å². The fourth-order valence-electron chi connectivity index (χ4n) is 2.15. The molecule has 0 aliphatic rings. The van der Waals surface area contributed by atoms with Crippen molar-refractivity contribution in [3.63, 3.8) is 0 Å². The SMILES string of the molecule is COc1nn(Cc2ccccc2)c2ccc(Br)cc12. The van der Waals surface area contributed by atoms with E-state index in [1.807, 2.05) is 35.0 Å². The summed E-state index contributed by atoms with van der Waals surface area (Å²) in [7, 11) is 1.65. The second-order valence-corrected chi connectivity index (χ2v) is 5.23. The van der Waals surface area contributed by atoms with Crippen LogP contribution in [0, 0.1) is 0 Å². The molecule has 0 saturated carbocycles. The van der Waals surface area contributed by atoms with E-state index in [2.05, 4.69) is 39.2 Å². The van der Waals surface area contributed by atoms with Gasteiger partial charge in [0.05, 0.1) is 24.6 Å². The number of hydrogen-bond acceptors (Lipinski definition) is 2. The molecular formula is C15H13BrN2O. The molecule has 3 rings (SSSR count). The third-order valence-corrected chi connectivity index (χ3v) is 3.54. The summed E-state index contributed by atoms with van der Waals surface area (Å²) < 4.78 is 8.34. The average molecular weight is 317 g/mol. The summed E-state index contributed by atoms with van der Waals surface area (Å²) in [5.74, 6) is 0.659. The number of ether oxygens (including phenoxy) is 1. The van der Waals surface area contributed by atoms with Crippen LogP contribution in [0.5, 0.6) is 5.88 Å². The third kappa shape index (κ3) is 2.36. The summed E-state index contributed by atoms with van der Waals surface area (Å²) >= 11 is 3.48. The van der Waals surface area contributed by atoms with Crippen molar-refractivity contribution in [2.24, 2.45) is 0 Å². The molecule has 0 radical (unpaired) electrons. The van der Waals surface area contributed by atoms with Gasteiger partial charge in [-0.1, -0.05) is 46.3 Å². The number of methoxy groups -OCH3 is 1. The first-order valence-electron chi connectivity index (χ1n) is 6.02. The van der Waals surface area contributed by atoms with Gasteiger partial charge < -0.3 is 4.74 Å². The van der Waals surface area contributed by atoms with Gasteiger partial charge in [-0.25, -0.2) is 0 Å². The maximum absolute atomic E-state index is 5.35. The highest BCUT2D eigenvalue weighted by molar-refractivity contribution is 9.10. The lowest BCUT2D eigenvalue weighted by atomic mass is 10.2. The molecule has 3 aromatic rings. The molecular weight excluding hydrogens is 304 g/mol. The Bertz CT molecular complexity index is 707. The molecule has 0 fully saturated rings. The van der Waals surface area contributed by atoms with Crippen LogP contribution in [0.1, 0.15) is 5.56 Å². The van der Waals surface area contributed by atoms with Crippen molar-refractivity contribution in [3.8, 4) is 5.88 Å². The predicted molar refractivity (Wildman–Crippen MR) is 79.5 cm³/mol. The molecule has 0 saturated heterocycles. The van der Waals surface area contributed by atoms with Gasteiger partial charge in [-0.2, -0.15) is 0 Å². The largest absolute Gasteiger partial charge is 0.479 e. The maximum Gasteiger partial charge on any atom is 0.240 e. The molecule has 96 valence electrons. The zero-order valence-corrected chi connectivity index (χ0v) is 12.1. The van der Waals surface area contributed by atoms with Crippen molar-refractivity contribution in [2.75, 3.05) is 7.11 Å². The van der Waals surface area contributed by atoms with Crippen LogP contribution in [0.2, 0.25) is 0 Å². The van der Waals surface area contributed by atoms with Crippen molar-refractivity contribution in [2.45, 2.75) is 6.54 Å². The molecule has 0 amide bonds. The Labute approximate surface area is 119 Å². The average Bonchev–Trinajstić information content (AvgIpc) is 2.77. The monoisotopic (exact) mass is 316 g/mol. The molecule has 0 unspecified atom stereocenters. The van der Waals surface area contributed by atoms with Gasteiger partial charge in [-0.3, -0.25) is 4.68 Å². The highest BCUT2D eigenvalue weighted by Crippen LogP contribution is 2.28. The van der Waals surface area contributed by atoms with Gasteiger partial charge in [0.25, 0.3) is 0 Å². The smallest absolute Gasteiger partial charge is 0.240 e. The van der Waals surface area contributed by atoms with Gasteiger partial charge in [0, 0.05) is 4.47 Å². The molecule has 19 heavy (non-hydrogen) atoms. The molecule has 4 heteroatoms. The van der Waals surface area contributed by atoms with Crippen molar-refractivity contribution in [1.29, 1.82) is 0 Å². The van der Waals surface area contributed by atoms with Crippen molar-refractivity contribution in [3.05, 3.63) is 58.6 Å². The minimum Gasteiger partial charge on any atom is -0.479 e. The fraction of sp³-hybridized carbons (Fsp3) is 0.133. The Morgan fingerprint density at radius 1 is 1.16 bits per heavy atom. The Morgan fingerprint density at radius 3 is 2.68 bits per heavy atom. The molecule has 0 N–H and O–H groups in total. The number of rotatable bonds is 3. The summed E-state index contributed by atoms with van der Waals surface area (Å²) in [5, 5.41) is 5.54. The number of hydrogen-bond donors (Lipinski definition) is 0. The summed E-state index contributed by atoms with van der Waals surface area (Å²) in [4.78, 5) is 0. The standard InChI is InChI=1S/C15H13BrN2O/c1-19-15-13-9-12(16)7-8-14(13)18(17-15)10-11-5-3-2-4-6-11/h2-9H,10H2,1H3. The van der Waals surface area contributed by atoms with E-state index in [1.54, 1.807) is 7.11 Å². The van der Waals surface area contributed by atoms with E-state index in [-0.39, 0.29) is 0 Å². The molecule has 0 spiro atoms. The predicted octanol–water partition coefficient (Wildman–Crippen LogP) is 3.86. The molecule has 1 aromatic heterocycles. The van der Waals surface area contributed by atoms with Gasteiger partial charge in [0.15, 0.2) is 0 Å². The van der Waals surface area contributed by atoms with Crippen molar-refractivity contribution >= 4 is 26.8 Å². The molecule has 1 heterocycles. The first-order chi connectivity index (χ1) is 9.28. The topological polar surface area (TPSA) is 27.1 Å². The van der Waals surface area contributed by atoms with E-state index in [1.165, 1.54) is 5.56 Å². The zero-order valence-electron chi connectivity index (χ0n) is 10.5. The van der Waals surface area contributed by atoms with Crippen LogP contribution in [0.3, 0.4) is 0 Å². The summed E-state index contributed by atoms with van der Waals surface area (Å²) in [6.45, 7) is 0.738. The number of aromatic nitrogens is 2. The van der Waals surface area contributed by atoms with Gasteiger partial charge in [-0.05, 0) is 23.8 Å². The first-order valence-corrected chi connectivity index (χ1v) is 6.81. The Balaban J connectivity index is 2.09. The molecule has 0 atom stereocenters. The number of benzene rings is 2. The Hall–Kier alpha value is -1.81. The Kier molecular flexibility index (Phi) is 3.25. The molecule has 0 aliphatic carbocycles. The third-order valence-electron chi connectivity index (χ3n) is 3.05. The van der Waals surface area contributed by atoms with E-state index in [0.717, 1.165) is 21.9 Å². The summed E-state index contributed by atoms with van der Waals surface area (Å²) in [6.07, 6.45) is 0. The van der Waals surface area contributed by atoms with Crippen LogP contribution in [0.25, 0.3) is 10.9 Å². The van der Waals surface area contributed by atoms with E-state index in [9.17, 15) is 0 Å². The van der Waals surface area contributed by atoms with E-state index in [4.69, 9.17) is 4.74 Å². The summed E-state index contributed by atoms with van der Waals surface area (Å²) in [5.41, 5.74) is 2.29. The molecule has 0 aliphatic heterocycles. The van der Waals surface area contributed by atoms with Crippen molar-refractivity contribution in [1.82, 2.24) is 9.78 Å². The number of nitrogens with zero attached hydrogens (tertiary/aromatic N) is 2. The van der Waals surface area contributed by atoms with Crippen molar-refractivity contribution < 1.29 is 4.74 Å². The second-order valence-electron chi connectivity index (χ2n) is 4.31. The normalized spacial score (nSPS) is 10.8. The van der Waals surface area contributed by atoms with Gasteiger partial charge in [0.1, 0.15) is 0 Å². The highest BCUT2D eigenvalue weighted by atomic mass is 79.9. The van der Waals surface area contributed by atoms with Gasteiger partial charge in [0.2, 0.25) is 5.88 Å². The minimum absolute atomic E-state index is 0.659. The van der Waals surface area contributed by atoms with Gasteiger partial charge in [-0.15, -0.1) is 5.10 Å². The lowest BCUT2D eigenvalue weighted by Crippen LogP contribution is -2.01. The van der Waals surface area contributed by atoms with Crippen LogP contribution in [-0.2, 0) is 6.54 Å².